The summed E-state index contributed by atoms with van der Waals surface area (Å²) in [6.07, 6.45) is -3.19. The summed E-state index contributed by atoms with van der Waals surface area (Å²) in [6.45, 7) is 13.0. The summed E-state index contributed by atoms with van der Waals surface area (Å²) in [7, 11) is 0. The number of carbonyl (C=O) groups is 3. The highest BCUT2D eigenvalue weighted by Gasteiger charge is 2.63. The Morgan fingerprint density at radius 1 is 0.970 bits per heavy atom. The number of anilines is 1. The molecule has 9 nitrogen and oxygen atoms in total. The van der Waals surface area contributed by atoms with Crippen LogP contribution in [-0.4, -0.2) is 69.2 Å². The first kappa shape index (κ1) is 24.8. The summed E-state index contributed by atoms with van der Waals surface area (Å²) in [6, 6.07) is 7.94. The molecule has 3 amide bonds. The number of nitrogens with zero attached hydrogens (tertiary/aromatic N) is 3. The highest BCUT2D eigenvalue weighted by molar-refractivity contribution is 6.02. The van der Waals surface area contributed by atoms with Crippen LogP contribution in [0.25, 0.3) is 0 Å². The van der Waals surface area contributed by atoms with Crippen molar-refractivity contribution in [2.45, 2.75) is 84.4 Å². The molecule has 2 aliphatic rings. The third-order valence-electron chi connectivity index (χ3n) is 5.77. The molecule has 2 heterocycles. The predicted octanol–water partition coefficient (Wildman–Crippen LogP) is 3.62. The van der Waals surface area contributed by atoms with Crippen LogP contribution in [0, 0.1) is 6.92 Å². The average Bonchev–Trinajstić information content (AvgIpc) is 2.87. The summed E-state index contributed by atoms with van der Waals surface area (Å²) in [5.41, 5.74) is -0.977. The lowest BCUT2D eigenvalue weighted by atomic mass is 9.85. The van der Waals surface area contributed by atoms with E-state index in [9.17, 15) is 19.5 Å². The second kappa shape index (κ2) is 8.52. The van der Waals surface area contributed by atoms with Gasteiger partial charge in [-0.15, -0.1) is 0 Å². The Balaban J connectivity index is 1.94. The van der Waals surface area contributed by atoms with E-state index in [0.29, 0.717) is 18.0 Å². The van der Waals surface area contributed by atoms with Crippen molar-refractivity contribution in [1.29, 1.82) is 0 Å². The second-order valence-corrected chi connectivity index (χ2v) is 10.7. The van der Waals surface area contributed by atoms with Crippen LogP contribution in [0.2, 0.25) is 0 Å². The van der Waals surface area contributed by atoms with E-state index in [4.69, 9.17) is 9.47 Å². The largest absolute Gasteiger partial charge is 0.444 e. The van der Waals surface area contributed by atoms with Crippen LogP contribution in [0.1, 0.15) is 59.9 Å². The standard InChI is InChI=1S/C24H35N3O6/c1-16-10-8-9-11-17(16)25-14-12-24(13-15-25)18(28)26(20(30)32-22(2,3)4)19(29)27(24)21(31)33-23(5,6)7/h8-11,19,29H,12-15H2,1-7H3. The van der Waals surface area contributed by atoms with E-state index >= 15 is 0 Å². The second-order valence-electron chi connectivity index (χ2n) is 10.7. The summed E-state index contributed by atoms with van der Waals surface area (Å²) in [5.74, 6) is -0.653. The van der Waals surface area contributed by atoms with Crippen molar-refractivity contribution < 1.29 is 29.0 Å². The van der Waals surface area contributed by atoms with E-state index in [2.05, 4.69) is 4.90 Å². The molecule has 0 aliphatic carbocycles. The lowest BCUT2D eigenvalue weighted by molar-refractivity contribution is -0.135. The van der Waals surface area contributed by atoms with Gasteiger partial charge in [0.25, 0.3) is 5.91 Å². The maximum atomic E-state index is 13.6. The van der Waals surface area contributed by atoms with Crippen LogP contribution >= 0.6 is 0 Å². The number of carbonyl (C=O) groups excluding carboxylic acids is 3. The number of piperidine rings is 1. The molecule has 1 N–H and O–H groups in total. The van der Waals surface area contributed by atoms with Gasteiger partial charge in [0.15, 0.2) is 0 Å². The molecule has 1 aromatic carbocycles. The molecule has 182 valence electrons. The predicted molar refractivity (Wildman–Crippen MR) is 123 cm³/mol. The maximum absolute atomic E-state index is 13.6. The number of imide groups is 1. The van der Waals surface area contributed by atoms with Gasteiger partial charge in [-0.25, -0.2) is 14.5 Å². The summed E-state index contributed by atoms with van der Waals surface area (Å²) in [5, 5.41) is 11.0. The van der Waals surface area contributed by atoms with Gasteiger partial charge in [-0.1, -0.05) is 18.2 Å². The van der Waals surface area contributed by atoms with Crippen molar-refractivity contribution in [3.8, 4) is 0 Å². The molecular weight excluding hydrogens is 426 g/mol. The summed E-state index contributed by atoms with van der Waals surface area (Å²) < 4.78 is 10.9. The van der Waals surface area contributed by atoms with Crippen molar-refractivity contribution in [2.24, 2.45) is 0 Å². The molecule has 0 radical (unpaired) electrons. The fraction of sp³-hybridized carbons (Fsp3) is 0.625. The van der Waals surface area contributed by atoms with Crippen LogP contribution in [-0.2, 0) is 14.3 Å². The van der Waals surface area contributed by atoms with Crippen molar-refractivity contribution >= 4 is 23.8 Å². The first-order valence-electron chi connectivity index (χ1n) is 11.2. The van der Waals surface area contributed by atoms with E-state index < -0.39 is 41.2 Å². The van der Waals surface area contributed by atoms with Crippen molar-refractivity contribution in [1.82, 2.24) is 9.80 Å². The molecule has 2 saturated heterocycles. The average molecular weight is 462 g/mol. The van der Waals surface area contributed by atoms with E-state index in [0.717, 1.165) is 16.2 Å². The zero-order valence-electron chi connectivity index (χ0n) is 20.5. The van der Waals surface area contributed by atoms with Crippen LogP contribution in [0.5, 0.6) is 0 Å². The monoisotopic (exact) mass is 461 g/mol. The Kier molecular flexibility index (Phi) is 6.41. The molecule has 1 aromatic rings. The number of ether oxygens (including phenoxy) is 2. The minimum atomic E-state index is -1.81. The fourth-order valence-corrected chi connectivity index (χ4v) is 4.33. The molecule has 1 spiro atoms. The van der Waals surface area contributed by atoms with Gasteiger partial charge in [-0.05, 0) is 72.9 Å². The van der Waals surface area contributed by atoms with Crippen LogP contribution in [0.4, 0.5) is 15.3 Å². The lowest BCUT2D eigenvalue weighted by Gasteiger charge is -2.43. The van der Waals surface area contributed by atoms with Gasteiger partial charge in [0.05, 0.1) is 0 Å². The first-order chi connectivity index (χ1) is 15.2. The summed E-state index contributed by atoms with van der Waals surface area (Å²) >= 11 is 0. The molecule has 3 rings (SSSR count). The number of aliphatic hydroxyl groups excluding tert-OH is 1. The van der Waals surface area contributed by atoms with E-state index in [1.165, 1.54) is 0 Å². The normalized spacial score (nSPS) is 20.9. The Bertz CT molecular complexity index is 925. The van der Waals surface area contributed by atoms with E-state index in [1.54, 1.807) is 41.5 Å². The number of aryl methyl sites for hydroxylation is 1. The molecule has 1 atom stereocenters. The van der Waals surface area contributed by atoms with Crippen LogP contribution in [0.3, 0.4) is 0 Å². The van der Waals surface area contributed by atoms with Crippen molar-refractivity contribution in [3.63, 3.8) is 0 Å². The smallest absolute Gasteiger partial charge is 0.420 e. The Labute approximate surface area is 195 Å². The quantitative estimate of drug-likeness (QED) is 0.682. The highest BCUT2D eigenvalue weighted by Crippen LogP contribution is 2.41. The minimum absolute atomic E-state index is 0.232. The number of hydrogen-bond donors (Lipinski definition) is 1. The molecule has 9 heteroatoms. The van der Waals surface area contributed by atoms with Gasteiger partial charge < -0.3 is 19.5 Å². The third-order valence-corrected chi connectivity index (χ3v) is 5.77. The number of para-hydroxylation sites is 1. The number of rotatable bonds is 1. The molecule has 2 fully saturated rings. The molecule has 2 aliphatic heterocycles. The number of hydrogen-bond acceptors (Lipinski definition) is 7. The number of benzene rings is 1. The topological polar surface area (TPSA) is 99.6 Å². The highest BCUT2D eigenvalue weighted by atomic mass is 16.6. The molecule has 1 unspecified atom stereocenters. The zero-order valence-corrected chi connectivity index (χ0v) is 20.5. The molecule has 0 bridgehead atoms. The van der Waals surface area contributed by atoms with E-state index in [-0.39, 0.29) is 12.8 Å². The molecule has 0 saturated carbocycles. The molecule has 33 heavy (non-hydrogen) atoms. The van der Waals surface area contributed by atoms with Crippen molar-refractivity contribution in [2.75, 3.05) is 18.0 Å². The van der Waals surface area contributed by atoms with Gasteiger partial charge in [0.2, 0.25) is 6.35 Å². The van der Waals surface area contributed by atoms with Gasteiger partial charge in [0, 0.05) is 18.8 Å². The summed E-state index contributed by atoms with van der Waals surface area (Å²) in [4.78, 5) is 43.4. The number of amides is 3. The van der Waals surface area contributed by atoms with Crippen LogP contribution in [0.15, 0.2) is 24.3 Å². The zero-order chi connectivity index (χ0) is 24.8. The Hall–Kier alpha value is -2.81. The van der Waals surface area contributed by atoms with Gasteiger partial charge in [-0.3, -0.25) is 4.79 Å². The first-order valence-corrected chi connectivity index (χ1v) is 11.2. The molecular formula is C24H35N3O6. The van der Waals surface area contributed by atoms with Gasteiger partial charge in [0.1, 0.15) is 16.7 Å². The minimum Gasteiger partial charge on any atom is -0.444 e. The Morgan fingerprint density at radius 2 is 1.48 bits per heavy atom. The van der Waals surface area contributed by atoms with Gasteiger partial charge >= 0.3 is 12.2 Å². The fourth-order valence-electron chi connectivity index (χ4n) is 4.33. The Morgan fingerprint density at radius 3 is 2.00 bits per heavy atom. The van der Waals surface area contributed by atoms with E-state index in [1.807, 2.05) is 31.2 Å². The number of aliphatic hydroxyl groups is 1. The van der Waals surface area contributed by atoms with Gasteiger partial charge in [-0.2, -0.15) is 4.90 Å². The third kappa shape index (κ3) is 4.93. The lowest BCUT2D eigenvalue weighted by Crippen LogP contribution is -2.59. The van der Waals surface area contributed by atoms with Crippen molar-refractivity contribution in [3.05, 3.63) is 29.8 Å². The SMILES string of the molecule is Cc1ccccc1N1CCC2(CC1)C(=O)N(C(=O)OC(C)(C)C)C(O)N2C(=O)OC(C)(C)C. The molecule has 0 aromatic heterocycles. The maximum Gasteiger partial charge on any atom is 0.420 e. The van der Waals surface area contributed by atoms with Crippen LogP contribution < -0.4 is 4.90 Å².